The van der Waals surface area contributed by atoms with Gasteiger partial charge in [0.15, 0.2) is 0 Å². The Kier molecular flexibility index (Phi) is 4.83. The van der Waals surface area contributed by atoms with Crippen molar-refractivity contribution in [3.63, 3.8) is 0 Å². The number of anilines is 1. The molecular formula is C10H14N2O3S2. The summed E-state index contributed by atoms with van der Waals surface area (Å²) in [5, 5.41) is 0. The first-order valence-electron chi connectivity index (χ1n) is 5.04. The predicted molar refractivity (Wildman–Crippen MR) is 69.6 cm³/mol. The molecule has 0 aliphatic carbocycles. The van der Waals surface area contributed by atoms with Crippen molar-refractivity contribution in [1.82, 2.24) is 0 Å². The van der Waals surface area contributed by atoms with Crippen molar-refractivity contribution in [2.45, 2.75) is 18.1 Å². The van der Waals surface area contributed by atoms with Crippen molar-refractivity contribution < 1.29 is 14.3 Å². The zero-order valence-electron chi connectivity index (χ0n) is 9.61. The molecule has 0 atom stereocenters. The second kappa shape index (κ2) is 5.92. The average molecular weight is 274 g/mol. The summed E-state index contributed by atoms with van der Waals surface area (Å²) >= 11 is 2.57. The van der Waals surface area contributed by atoms with E-state index in [1.54, 1.807) is 6.92 Å². The molecule has 0 aliphatic rings. The molecule has 0 aromatic carbocycles. The summed E-state index contributed by atoms with van der Waals surface area (Å²) in [6, 6.07) is 0. The number of ether oxygens (including phenoxy) is 1. The Morgan fingerprint density at radius 1 is 1.41 bits per heavy atom. The van der Waals surface area contributed by atoms with Crippen molar-refractivity contribution >= 4 is 40.7 Å². The largest absolute Gasteiger partial charge is 0.462 e. The molecule has 0 aliphatic heterocycles. The van der Waals surface area contributed by atoms with E-state index in [0.29, 0.717) is 4.21 Å². The lowest BCUT2D eigenvalue weighted by atomic mass is 10.2. The van der Waals surface area contributed by atoms with Gasteiger partial charge >= 0.3 is 5.97 Å². The molecule has 0 radical (unpaired) electrons. The number of amides is 1. The molecule has 1 aromatic heterocycles. The van der Waals surface area contributed by atoms with Gasteiger partial charge in [0.2, 0.25) is 0 Å². The average Bonchev–Trinajstić information content (AvgIpc) is 2.56. The number of carbonyl (C=O) groups is 2. The van der Waals surface area contributed by atoms with Gasteiger partial charge in [-0.15, -0.1) is 23.1 Å². The first-order valence-corrected chi connectivity index (χ1v) is 6.85. The quantitative estimate of drug-likeness (QED) is 0.629. The van der Waals surface area contributed by atoms with Gasteiger partial charge in [0, 0.05) is 0 Å². The van der Waals surface area contributed by atoms with E-state index in [9.17, 15) is 9.59 Å². The summed E-state index contributed by atoms with van der Waals surface area (Å²) in [5.74, 6) is -0.365. The Bertz CT molecular complexity index is 443. The SMILES string of the molecule is CCOC(=O)c1c(SCC)sc(C(N)=O)c1N. The van der Waals surface area contributed by atoms with Crippen LogP contribution in [0.1, 0.15) is 33.9 Å². The Balaban J connectivity index is 3.24. The maximum atomic E-state index is 11.7. The molecule has 0 unspecified atom stereocenters. The van der Waals surface area contributed by atoms with Gasteiger partial charge in [0.1, 0.15) is 10.4 Å². The van der Waals surface area contributed by atoms with Gasteiger partial charge in [0.05, 0.1) is 16.5 Å². The molecule has 1 aromatic rings. The van der Waals surface area contributed by atoms with Crippen LogP contribution in [-0.2, 0) is 4.74 Å². The molecule has 0 fully saturated rings. The van der Waals surface area contributed by atoms with E-state index in [1.165, 1.54) is 11.8 Å². The molecule has 0 saturated heterocycles. The standard InChI is InChI=1S/C10H14N2O3S2/c1-3-15-9(14)5-6(11)7(8(12)13)17-10(5)16-4-2/h3-4,11H2,1-2H3,(H2,12,13). The van der Waals surface area contributed by atoms with E-state index in [0.717, 1.165) is 17.1 Å². The first kappa shape index (κ1) is 13.9. The molecule has 1 amide bonds. The zero-order chi connectivity index (χ0) is 13.0. The second-order valence-electron chi connectivity index (χ2n) is 3.03. The van der Waals surface area contributed by atoms with Crippen LogP contribution in [0.2, 0.25) is 0 Å². The summed E-state index contributed by atoms with van der Waals surface area (Å²) in [5.41, 5.74) is 11.3. The molecule has 94 valence electrons. The van der Waals surface area contributed by atoms with Crippen molar-refractivity contribution in [2.75, 3.05) is 18.1 Å². The zero-order valence-corrected chi connectivity index (χ0v) is 11.2. The molecule has 0 saturated carbocycles. The van der Waals surface area contributed by atoms with Crippen LogP contribution in [-0.4, -0.2) is 24.2 Å². The first-order chi connectivity index (χ1) is 8.02. The topological polar surface area (TPSA) is 95.4 Å². The third-order valence-electron chi connectivity index (χ3n) is 1.89. The summed E-state index contributed by atoms with van der Waals surface area (Å²) in [6.45, 7) is 3.91. The van der Waals surface area contributed by atoms with Crippen LogP contribution >= 0.6 is 23.1 Å². The lowest BCUT2D eigenvalue weighted by molar-refractivity contribution is 0.0524. The Morgan fingerprint density at radius 3 is 2.53 bits per heavy atom. The lowest BCUT2D eigenvalue weighted by Crippen LogP contribution is -2.13. The normalized spacial score (nSPS) is 10.2. The van der Waals surface area contributed by atoms with E-state index in [1.807, 2.05) is 6.92 Å². The van der Waals surface area contributed by atoms with Crippen LogP contribution in [0.5, 0.6) is 0 Å². The molecule has 0 spiro atoms. The number of thioether (sulfide) groups is 1. The smallest absolute Gasteiger partial charge is 0.342 e. The fourth-order valence-corrected chi connectivity index (χ4v) is 3.47. The number of hydrogen-bond donors (Lipinski definition) is 2. The van der Waals surface area contributed by atoms with Gasteiger partial charge in [-0.05, 0) is 12.7 Å². The van der Waals surface area contributed by atoms with Crippen LogP contribution in [0.15, 0.2) is 4.21 Å². The predicted octanol–water partition coefficient (Wildman–Crippen LogP) is 1.72. The number of thiophene rings is 1. The minimum atomic E-state index is -0.624. The van der Waals surface area contributed by atoms with Crippen molar-refractivity contribution in [2.24, 2.45) is 5.73 Å². The fraction of sp³-hybridized carbons (Fsp3) is 0.400. The van der Waals surface area contributed by atoms with E-state index in [2.05, 4.69) is 0 Å². The number of nitrogen functional groups attached to an aromatic ring is 1. The van der Waals surface area contributed by atoms with Gasteiger partial charge in [0.25, 0.3) is 5.91 Å². The highest BCUT2D eigenvalue weighted by Crippen LogP contribution is 2.38. The van der Waals surface area contributed by atoms with Gasteiger partial charge < -0.3 is 16.2 Å². The minimum Gasteiger partial charge on any atom is -0.462 e. The highest BCUT2D eigenvalue weighted by Gasteiger charge is 2.25. The lowest BCUT2D eigenvalue weighted by Gasteiger charge is -2.03. The molecule has 1 rings (SSSR count). The maximum Gasteiger partial charge on any atom is 0.342 e. The van der Waals surface area contributed by atoms with Gasteiger partial charge in [-0.3, -0.25) is 4.79 Å². The molecule has 5 nitrogen and oxygen atoms in total. The fourth-order valence-electron chi connectivity index (χ4n) is 1.23. The monoisotopic (exact) mass is 274 g/mol. The molecular weight excluding hydrogens is 260 g/mol. The molecule has 17 heavy (non-hydrogen) atoms. The van der Waals surface area contributed by atoms with Crippen molar-refractivity contribution in [1.29, 1.82) is 0 Å². The Hall–Kier alpha value is -1.21. The van der Waals surface area contributed by atoms with Crippen molar-refractivity contribution in [3.05, 3.63) is 10.4 Å². The van der Waals surface area contributed by atoms with Crippen LogP contribution in [0.25, 0.3) is 0 Å². The van der Waals surface area contributed by atoms with E-state index >= 15 is 0 Å². The van der Waals surface area contributed by atoms with Crippen molar-refractivity contribution in [3.8, 4) is 0 Å². The summed E-state index contributed by atoms with van der Waals surface area (Å²) in [7, 11) is 0. The number of rotatable bonds is 5. The number of nitrogens with two attached hydrogens (primary N) is 2. The minimum absolute atomic E-state index is 0.122. The van der Waals surface area contributed by atoms with Gasteiger partial charge in [-0.2, -0.15) is 0 Å². The summed E-state index contributed by atoms with van der Waals surface area (Å²) in [4.78, 5) is 23.1. The van der Waals surface area contributed by atoms with Crippen LogP contribution < -0.4 is 11.5 Å². The number of hydrogen-bond acceptors (Lipinski definition) is 6. The van der Waals surface area contributed by atoms with Crippen LogP contribution in [0.4, 0.5) is 5.69 Å². The third-order valence-corrected chi connectivity index (χ3v) is 4.26. The molecule has 7 heteroatoms. The van der Waals surface area contributed by atoms with Gasteiger partial charge in [-0.25, -0.2) is 4.79 Å². The number of carbonyl (C=O) groups excluding carboxylic acids is 2. The molecule has 0 bridgehead atoms. The summed E-state index contributed by atoms with van der Waals surface area (Å²) < 4.78 is 5.59. The number of esters is 1. The Morgan fingerprint density at radius 2 is 2.06 bits per heavy atom. The third kappa shape index (κ3) is 2.92. The van der Waals surface area contributed by atoms with Crippen LogP contribution in [0, 0.1) is 0 Å². The summed E-state index contributed by atoms with van der Waals surface area (Å²) in [6.07, 6.45) is 0. The van der Waals surface area contributed by atoms with E-state index in [4.69, 9.17) is 16.2 Å². The molecule has 1 heterocycles. The van der Waals surface area contributed by atoms with E-state index < -0.39 is 11.9 Å². The van der Waals surface area contributed by atoms with E-state index in [-0.39, 0.29) is 22.7 Å². The second-order valence-corrected chi connectivity index (χ2v) is 5.58. The molecule has 4 N–H and O–H groups in total. The highest BCUT2D eigenvalue weighted by atomic mass is 32.2. The Labute approximate surface area is 108 Å². The number of primary amides is 1. The maximum absolute atomic E-state index is 11.7. The van der Waals surface area contributed by atoms with Gasteiger partial charge in [-0.1, -0.05) is 6.92 Å². The van der Waals surface area contributed by atoms with Crippen LogP contribution in [0.3, 0.4) is 0 Å². The highest BCUT2D eigenvalue weighted by molar-refractivity contribution is 8.01.